The number of aromatic amines is 1. The van der Waals surface area contributed by atoms with Gasteiger partial charge in [-0.3, -0.25) is 14.5 Å². The van der Waals surface area contributed by atoms with Crippen molar-refractivity contribution < 1.29 is 4.79 Å². The Kier molecular flexibility index (Phi) is 6.18. The van der Waals surface area contributed by atoms with Gasteiger partial charge >= 0.3 is 0 Å². The average molecular weight is 402 g/mol. The fourth-order valence-corrected chi connectivity index (χ4v) is 3.75. The second kappa shape index (κ2) is 8.58. The summed E-state index contributed by atoms with van der Waals surface area (Å²) in [7, 11) is 0. The minimum atomic E-state index is -0.0348. The van der Waals surface area contributed by atoms with E-state index in [2.05, 4.69) is 40.4 Å². The molecule has 0 fully saturated rings. The fourth-order valence-electron chi connectivity index (χ4n) is 2.69. The van der Waals surface area contributed by atoms with Gasteiger partial charge in [-0.1, -0.05) is 37.6 Å². The molecular formula is C19H23N5OS2. The van der Waals surface area contributed by atoms with Crippen LogP contribution in [0.4, 0.5) is 0 Å². The Morgan fingerprint density at radius 1 is 1.41 bits per heavy atom. The van der Waals surface area contributed by atoms with Gasteiger partial charge in [-0.05, 0) is 25.2 Å². The number of nitrogens with one attached hydrogen (secondary N) is 2. The van der Waals surface area contributed by atoms with E-state index in [4.69, 9.17) is 12.2 Å². The van der Waals surface area contributed by atoms with Crippen LogP contribution in [-0.2, 0) is 17.9 Å². The topological polar surface area (TPSA) is 75.6 Å². The summed E-state index contributed by atoms with van der Waals surface area (Å²) in [5.74, 6) is 1.12. The lowest BCUT2D eigenvalue weighted by molar-refractivity contribution is -0.121. The maximum atomic E-state index is 12.3. The molecular weight excluding hydrogens is 378 g/mol. The molecule has 3 rings (SSSR count). The van der Waals surface area contributed by atoms with E-state index in [1.54, 1.807) is 11.3 Å². The lowest BCUT2D eigenvalue weighted by atomic mass is 10.1. The van der Waals surface area contributed by atoms with Crippen molar-refractivity contribution >= 4 is 29.5 Å². The third-order valence-corrected chi connectivity index (χ3v) is 5.63. The molecule has 0 aliphatic carbocycles. The highest BCUT2D eigenvalue weighted by Gasteiger charge is 2.12. The highest BCUT2D eigenvalue weighted by molar-refractivity contribution is 7.71. The molecule has 2 N–H and O–H groups in total. The van der Waals surface area contributed by atoms with Crippen molar-refractivity contribution in [2.45, 2.75) is 46.2 Å². The van der Waals surface area contributed by atoms with Crippen LogP contribution in [-0.4, -0.2) is 25.7 Å². The molecule has 0 saturated heterocycles. The number of amides is 1. The molecule has 0 unspecified atom stereocenters. The summed E-state index contributed by atoms with van der Waals surface area (Å²) >= 11 is 6.96. The first-order chi connectivity index (χ1) is 12.9. The normalized spacial score (nSPS) is 11.1. The Bertz CT molecular complexity index is 986. The van der Waals surface area contributed by atoms with Gasteiger partial charge in [0.15, 0.2) is 10.6 Å². The minimum Gasteiger partial charge on any atom is -0.350 e. The lowest BCUT2D eigenvalue weighted by Crippen LogP contribution is -2.24. The molecule has 27 heavy (non-hydrogen) atoms. The van der Waals surface area contributed by atoms with Crippen molar-refractivity contribution in [1.82, 2.24) is 25.1 Å². The Labute approximate surface area is 167 Å². The van der Waals surface area contributed by atoms with E-state index in [0.29, 0.717) is 30.2 Å². The molecule has 1 amide bonds. The van der Waals surface area contributed by atoms with Gasteiger partial charge in [0.1, 0.15) is 0 Å². The van der Waals surface area contributed by atoms with E-state index >= 15 is 0 Å². The summed E-state index contributed by atoms with van der Waals surface area (Å²) in [5.41, 5.74) is 3.03. The third-order valence-electron chi connectivity index (χ3n) is 4.13. The van der Waals surface area contributed by atoms with Crippen LogP contribution in [0.2, 0.25) is 0 Å². The highest BCUT2D eigenvalue weighted by atomic mass is 32.1. The molecule has 2 aromatic heterocycles. The van der Waals surface area contributed by atoms with Gasteiger partial charge in [0.2, 0.25) is 5.91 Å². The molecule has 3 aromatic rings. The quantitative estimate of drug-likeness (QED) is 0.582. The SMILES string of the molecule is Cc1cccc(-c2n[nH]c(=S)n2CCC(=O)NCc2csc(C(C)C)n2)c1. The van der Waals surface area contributed by atoms with Crippen molar-refractivity contribution in [2.75, 3.05) is 0 Å². The van der Waals surface area contributed by atoms with E-state index in [1.807, 2.05) is 35.1 Å². The zero-order valence-corrected chi connectivity index (χ0v) is 17.3. The van der Waals surface area contributed by atoms with Gasteiger partial charge in [0, 0.05) is 29.8 Å². The first-order valence-electron chi connectivity index (χ1n) is 8.87. The molecule has 6 nitrogen and oxygen atoms in total. The molecule has 2 heterocycles. The molecule has 142 valence electrons. The number of H-pyrrole nitrogens is 1. The summed E-state index contributed by atoms with van der Waals surface area (Å²) < 4.78 is 2.38. The summed E-state index contributed by atoms with van der Waals surface area (Å²) in [6.07, 6.45) is 0.327. The number of rotatable bonds is 7. The number of nitrogens with zero attached hydrogens (tertiary/aromatic N) is 3. The lowest BCUT2D eigenvalue weighted by Gasteiger charge is -2.08. The minimum absolute atomic E-state index is 0.0348. The summed E-state index contributed by atoms with van der Waals surface area (Å²) in [6, 6.07) is 8.06. The van der Waals surface area contributed by atoms with Crippen molar-refractivity contribution in [1.29, 1.82) is 0 Å². The summed E-state index contributed by atoms with van der Waals surface area (Å²) in [6.45, 7) is 7.18. The molecule has 0 saturated carbocycles. The predicted octanol–water partition coefficient (Wildman–Crippen LogP) is 4.20. The predicted molar refractivity (Wildman–Crippen MR) is 110 cm³/mol. The van der Waals surface area contributed by atoms with Crippen LogP contribution >= 0.6 is 23.6 Å². The van der Waals surface area contributed by atoms with Gasteiger partial charge in [-0.25, -0.2) is 4.98 Å². The van der Waals surface area contributed by atoms with Crippen LogP contribution in [0.25, 0.3) is 11.4 Å². The number of aromatic nitrogens is 4. The number of benzene rings is 1. The van der Waals surface area contributed by atoms with Crippen LogP contribution in [0, 0.1) is 11.7 Å². The van der Waals surface area contributed by atoms with Gasteiger partial charge in [0.05, 0.1) is 17.2 Å². The summed E-state index contributed by atoms with van der Waals surface area (Å²) in [4.78, 5) is 16.8. The Balaban J connectivity index is 1.60. The van der Waals surface area contributed by atoms with Gasteiger partial charge in [-0.15, -0.1) is 11.3 Å². The van der Waals surface area contributed by atoms with E-state index in [0.717, 1.165) is 27.7 Å². The van der Waals surface area contributed by atoms with Crippen LogP contribution in [0.15, 0.2) is 29.6 Å². The maximum absolute atomic E-state index is 12.3. The molecule has 0 bridgehead atoms. The van der Waals surface area contributed by atoms with Gasteiger partial charge in [-0.2, -0.15) is 5.10 Å². The molecule has 0 aliphatic heterocycles. The largest absolute Gasteiger partial charge is 0.350 e. The highest BCUT2D eigenvalue weighted by Crippen LogP contribution is 2.20. The molecule has 0 aliphatic rings. The van der Waals surface area contributed by atoms with Crippen molar-refractivity contribution in [3.05, 3.63) is 50.7 Å². The number of hydrogen-bond acceptors (Lipinski definition) is 5. The van der Waals surface area contributed by atoms with Crippen molar-refractivity contribution in [2.24, 2.45) is 0 Å². The monoisotopic (exact) mass is 401 g/mol. The third kappa shape index (κ3) is 4.90. The Morgan fingerprint density at radius 2 is 2.22 bits per heavy atom. The van der Waals surface area contributed by atoms with Crippen LogP contribution in [0.5, 0.6) is 0 Å². The number of hydrogen-bond donors (Lipinski definition) is 2. The fraction of sp³-hybridized carbons (Fsp3) is 0.368. The number of carbonyl (C=O) groups is 1. The second-order valence-corrected chi connectivity index (χ2v) is 8.01. The van der Waals surface area contributed by atoms with E-state index in [9.17, 15) is 4.79 Å². The van der Waals surface area contributed by atoms with Gasteiger partial charge in [0.25, 0.3) is 0 Å². The number of carbonyl (C=O) groups excluding carboxylic acids is 1. The summed E-state index contributed by atoms with van der Waals surface area (Å²) in [5, 5.41) is 13.2. The molecule has 8 heteroatoms. The Hall–Kier alpha value is -2.32. The smallest absolute Gasteiger partial charge is 0.222 e. The standard InChI is InChI=1S/C19H23N5OS2/c1-12(2)18-21-15(11-27-18)10-20-16(25)7-8-24-17(22-23-19(24)26)14-6-4-5-13(3)9-14/h4-6,9,11-12H,7-8,10H2,1-3H3,(H,20,25)(H,23,26). The zero-order valence-electron chi connectivity index (χ0n) is 15.7. The van der Waals surface area contributed by atoms with Crippen molar-refractivity contribution in [3.63, 3.8) is 0 Å². The van der Waals surface area contributed by atoms with Gasteiger partial charge < -0.3 is 5.32 Å². The molecule has 0 spiro atoms. The zero-order chi connectivity index (χ0) is 19.4. The van der Waals surface area contributed by atoms with E-state index < -0.39 is 0 Å². The first-order valence-corrected chi connectivity index (χ1v) is 10.2. The number of aryl methyl sites for hydroxylation is 1. The van der Waals surface area contributed by atoms with E-state index in [-0.39, 0.29) is 5.91 Å². The molecule has 1 aromatic carbocycles. The molecule has 0 atom stereocenters. The van der Waals surface area contributed by atoms with Crippen LogP contribution < -0.4 is 5.32 Å². The van der Waals surface area contributed by atoms with Crippen LogP contribution in [0.3, 0.4) is 0 Å². The maximum Gasteiger partial charge on any atom is 0.222 e. The Morgan fingerprint density at radius 3 is 2.93 bits per heavy atom. The van der Waals surface area contributed by atoms with Crippen molar-refractivity contribution in [3.8, 4) is 11.4 Å². The molecule has 0 radical (unpaired) electrons. The van der Waals surface area contributed by atoms with E-state index in [1.165, 1.54) is 0 Å². The number of thiazole rings is 1. The second-order valence-electron chi connectivity index (χ2n) is 6.73. The average Bonchev–Trinajstić information content (AvgIpc) is 3.25. The van der Waals surface area contributed by atoms with Crippen LogP contribution in [0.1, 0.15) is 42.5 Å². The first kappa shape index (κ1) is 19.4.